The number of benzene rings is 1. The van der Waals surface area contributed by atoms with Crippen LogP contribution in [0.3, 0.4) is 0 Å². The Morgan fingerprint density at radius 1 is 1.20 bits per heavy atom. The van der Waals surface area contributed by atoms with Crippen LogP contribution in [-0.2, 0) is 14.3 Å². The Hall–Kier alpha value is -2.10. The Balaban J connectivity index is 2.57. The van der Waals surface area contributed by atoms with Crippen molar-refractivity contribution in [2.24, 2.45) is 0 Å². The van der Waals surface area contributed by atoms with E-state index in [0.29, 0.717) is 5.75 Å². The molecule has 0 aliphatic carbocycles. The first-order chi connectivity index (χ1) is 7.24. The Morgan fingerprint density at radius 2 is 1.87 bits per heavy atom. The van der Waals surface area contributed by atoms with Crippen molar-refractivity contribution in [3.05, 3.63) is 42.7 Å². The van der Waals surface area contributed by atoms with Crippen molar-refractivity contribution in [3.8, 4) is 5.75 Å². The molecule has 0 heterocycles. The van der Waals surface area contributed by atoms with Crippen molar-refractivity contribution in [2.45, 2.75) is 0 Å². The molecule has 0 spiro atoms. The van der Waals surface area contributed by atoms with Gasteiger partial charge in [0.25, 0.3) is 5.78 Å². The van der Waals surface area contributed by atoms with Crippen molar-refractivity contribution < 1.29 is 19.1 Å². The van der Waals surface area contributed by atoms with E-state index in [2.05, 4.69) is 4.74 Å². The SMILES string of the molecule is COC=CC(=O)C(=O)Oc1ccccc1. The van der Waals surface area contributed by atoms with E-state index in [-0.39, 0.29) is 0 Å². The summed E-state index contributed by atoms with van der Waals surface area (Å²) >= 11 is 0. The molecular weight excluding hydrogens is 196 g/mol. The molecular formula is C11H10O4. The zero-order chi connectivity index (χ0) is 11.1. The van der Waals surface area contributed by atoms with Crippen LogP contribution in [0, 0.1) is 0 Å². The van der Waals surface area contributed by atoms with Crippen LogP contribution < -0.4 is 4.74 Å². The first kappa shape index (κ1) is 11.0. The summed E-state index contributed by atoms with van der Waals surface area (Å²) in [5.41, 5.74) is 0. The highest BCUT2D eigenvalue weighted by molar-refractivity contribution is 6.38. The standard InChI is InChI=1S/C11H10O4/c1-14-8-7-10(12)11(13)15-9-5-3-2-4-6-9/h2-8H,1H3. The smallest absolute Gasteiger partial charge is 0.384 e. The van der Waals surface area contributed by atoms with E-state index < -0.39 is 11.8 Å². The second kappa shape index (κ2) is 5.59. The molecule has 1 aromatic carbocycles. The fourth-order valence-electron chi connectivity index (χ4n) is 0.844. The van der Waals surface area contributed by atoms with Gasteiger partial charge in [0.1, 0.15) is 5.75 Å². The molecule has 0 aromatic heterocycles. The van der Waals surface area contributed by atoms with Gasteiger partial charge in [-0.25, -0.2) is 4.79 Å². The first-order valence-corrected chi connectivity index (χ1v) is 4.24. The Kier molecular flexibility index (Phi) is 4.09. The highest BCUT2D eigenvalue weighted by Gasteiger charge is 2.12. The molecule has 0 saturated heterocycles. The fourth-order valence-corrected chi connectivity index (χ4v) is 0.844. The molecule has 1 aromatic rings. The fraction of sp³-hybridized carbons (Fsp3) is 0.0909. The summed E-state index contributed by atoms with van der Waals surface area (Å²) in [5.74, 6) is -1.36. The van der Waals surface area contributed by atoms with Crippen molar-refractivity contribution in [3.63, 3.8) is 0 Å². The third-order valence-electron chi connectivity index (χ3n) is 1.51. The maximum atomic E-state index is 11.1. The van der Waals surface area contributed by atoms with E-state index in [1.165, 1.54) is 7.11 Å². The van der Waals surface area contributed by atoms with Gasteiger partial charge < -0.3 is 9.47 Å². The van der Waals surface area contributed by atoms with E-state index in [4.69, 9.17) is 4.74 Å². The lowest BCUT2D eigenvalue weighted by molar-refractivity contribution is -0.144. The van der Waals surface area contributed by atoms with Gasteiger partial charge in [0, 0.05) is 6.08 Å². The molecule has 0 fully saturated rings. The van der Waals surface area contributed by atoms with Crippen LogP contribution in [0.25, 0.3) is 0 Å². The van der Waals surface area contributed by atoms with Gasteiger partial charge in [-0.15, -0.1) is 0 Å². The summed E-state index contributed by atoms with van der Waals surface area (Å²) in [6.45, 7) is 0. The molecule has 0 saturated carbocycles. The second-order valence-electron chi connectivity index (χ2n) is 2.61. The van der Waals surface area contributed by atoms with Crippen LogP contribution in [0.1, 0.15) is 0 Å². The number of carbonyl (C=O) groups excluding carboxylic acids is 2. The molecule has 0 radical (unpaired) electrons. The van der Waals surface area contributed by atoms with Gasteiger partial charge in [0.2, 0.25) is 0 Å². The lowest BCUT2D eigenvalue weighted by Crippen LogP contribution is -2.18. The number of ether oxygens (including phenoxy) is 2. The van der Waals surface area contributed by atoms with Crippen LogP contribution in [0.2, 0.25) is 0 Å². The summed E-state index contributed by atoms with van der Waals surface area (Å²) in [7, 11) is 1.38. The average Bonchev–Trinajstić information content (AvgIpc) is 2.27. The predicted octanol–water partition coefficient (Wildman–Crippen LogP) is 1.32. The molecule has 4 nitrogen and oxygen atoms in total. The molecule has 0 amide bonds. The number of hydrogen-bond donors (Lipinski definition) is 0. The Bertz CT molecular complexity index is 367. The van der Waals surface area contributed by atoms with Crippen LogP contribution >= 0.6 is 0 Å². The number of carbonyl (C=O) groups is 2. The zero-order valence-electron chi connectivity index (χ0n) is 8.17. The average molecular weight is 206 g/mol. The minimum atomic E-state index is -0.936. The number of hydrogen-bond acceptors (Lipinski definition) is 4. The van der Waals surface area contributed by atoms with Gasteiger partial charge in [-0.2, -0.15) is 0 Å². The zero-order valence-corrected chi connectivity index (χ0v) is 8.17. The monoisotopic (exact) mass is 206 g/mol. The van der Waals surface area contributed by atoms with Gasteiger partial charge in [-0.1, -0.05) is 18.2 Å². The highest BCUT2D eigenvalue weighted by atomic mass is 16.5. The third kappa shape index (κ3) is 3.64. The van der Waals surface area contributed by atoms with E-state index in [0.717, 1.165) is 12.3 Å². The second-order valence-corrected chi connectivity index (χ2v) is 2.61. The number of para-hydroxylation sites is 1. The van der Waals surface area contributed by atoms with Gasteiger partial charge in [-0.3, -0.25) is 4.79 Å². The van der Waals surface area contributed by atoms with E-state index in [9.17, 15) is 9.59 Å². The Morgan fingerprint density at radius 3 is 2.47 bits per heavy atom. The van der Waals surface area contributed by atoms with Crippen molar-refractivity contribution in [1.82, 2.24) is 0 Å². The van der Waals surface area contributed by atoms with Crippen LogP contribution in [0.15, 0.2) is 42.7 Å². The van der Waals surface area contributed by atoms with E-state index in [1.54, 1.807) is 30.3 Å². The quantitative estimate of drug-likeness (QED) is 0.245. The summed E-state index contributed by atoms with van der Waals surface area (Å²) in [6, 6.07) is 8.37. The Labute approximate surface area is 87.1 Å². The minimum Gasteiger partial charge on any atom is -0.504 e. The maximum absolute atomic E-state index is 11.1. The molecule has 0 atom stereocenters. The molecule has 0 aliphatic heterocycles. The van der Waals surface area contributed by atoms with Crippen molar-refractivity contribution >= 4 is 11.8 Å². The molecule has 0 N–H and O–H groups in total. The predicted molar refractivity (Wildman–Crippen MR) is 53.2 cm³/mol. The molecule has 78 valence electrons. The maximum Gasteiger partial charge on any atom is 0.384 e. The normalized spacial score (nSPS) is 9.93. The topological polar surface area (TPSA) is 52.6 Å². The highest BCUT2D eigenvalue weighted by Crippen LogP contribution is 2.08. The molecule has 1 rings (SSSR count). The van der Waals surface area contributed by atoms with Crippen LogP contribution in [-0.4, -0.2) is 18.9 Å². The number of methoxy groups -OCH3 is 1. The number of ketones is 1. The third-order valence-corrected chi connectivity index (χ3v) is 1.51. The van der Waals surface area contributed by atoms with Gasteiger partial charge in [-0.05, 0) is 12.1 Å². The number of rotatable bonds is 4. The van der Waals surface area contributed by atoms with Crippen LogP contribution in [0.4, 0.5) is 0 Å². The lowest BCUT2D eigenvalue weighted by atomic mass is 10.3. The van der Waals surface area contributed by atoms with E-state index >= 15 is 0 Å². The van der Waals surface area contributed by atoms with Gasteiger partial charge >= 0.3 is 5.97 Å². The minimum absolute atomic E-state index is 0.335. The summed E-state index contributed by atoms with van der Waals surface area (Å²) in [5, 5.41) is 0. The van der Waals surface area contributed by atoms with Crippen molar-refractivity contribution in [2.75, 3.05) is 7.11 Å². The summed E-state index contributed by atoms with van der Waals surface area (Å²) < 4.78 is 9.28. The van der Waals surface area contributed by atoms with Crippen molar-refractivity contribution in [1.29, 1.82) is 0 Å². The first-order valence-electron chi connectivity index (χ1n) is 4.24. The number of esters is 1. The van der Waals surface area contributed by atoms with Gasteiger partial charge in [0.15, 0.2) is 0 Å². The summed E-state index contributed by atoms with van der Waals surface area (Å²) in [6.07, 6.45) is 2.12. The molecule has 0 unspecified atom stereocenters. The molecule has 0 aliphatic rings. The molecule has 4 heteroatoms. The molecule has 0 bridgehead atoms. The van der Waals surface area contributed by atoms with E-state index in [1.807, 2.05) is 0 Å². The van der Waals surface area contributed by atoms with Gasteiger partial charge in [0.05, 0.1) is 13.4 Å². The lowest BCUT2D eigenvalue weighted by Gasteiger charge is -1.99. The summed E-state index contributed by atoms with van der Waals surface area (Å²) in [4.78, 5) is 22.2. The van der Waals surface area contributed by atoms with Crippen LogP contribution in [0.5, 0.6) is 5.75 Å². The molecule has 15 heavy (non-hydrogen) atoms. The largest absolute Gasteiger partial charge is 0.504 e.